The van der Waals surface area contributed by atoms with Crippen LogP contribution < -0.4 is 5.32 Å². The highest BCUT2D eigenvalue weighted by Gasteiger charge is 2.35. The Bertz CT molecular complexity index is 756. The van der Waals surface area contributed by atoms with Gasteiger partial charge in [0.1, 0.15) is 5.76 Å². The molecule has 1 saturated heterocycles. The van der Waals surface area contributed by atoms with Crippen molar-refractivity contribution in [3.05, 3.63) is 58.0 Å². The Kier molecular flexibility index (Phi) is 5.17. The summed E-state index contributed by atoms with van der Waals surface area (Å²) in [5.41, 5.74) is -1.82. The van der Waals surface area contributed by atoms with Gasteiger partial charge in [0, 0.05) is 24.4 Å². The Morgan fingerprint density at radius 2 is 2.00 bits per heavy atom. The molecule has 6 nitrogen and oxygen atoms in total. The zero-order valence-corrected chi connectivity index (χ0v) is 13.8. The van der Waals surface area contributed by atoms with Gasteiger partial charge in [-0.3, -0.25) is 15.0 Å². The van der Waals surface area contributed by atoms with E-state index >= 15 is 0 Å². The highest BCUT2D eigenvalue weighted by atomic mass is 19.4. The third-order valence-electron chi connectivity index (χ3n) is 4.46. The molecule has 1 unspecified atom stereocenters. The SMILES string of the molecule is O=[N+]([O-])c1ccc(NCC(c2ccco2)N2CCCC2)c(C(F)(F)F)c1. The van der Waals surface area contributed by atoms with Gasteiger partial charge in [-0.15, -0.1) is 0 Å². The smallest absolute Gasteiger partial charge is 0.418 e. The van der Waals surface area contributed by atoms with Gasteiger partial charge in [0.05, 0.1) is 22.8 Å². The lowest BCUT2D eigenvalue weighted by Crippen LogP contribution is -2.31. The maximum absolute atomic E-state index is 13.3. The van der Waals surface area contributed by atoms with E-state index in [0.717, 1.165) is 38.1 Å². The summed E-state index contributed by atoms with van der Waals surface area (Å²) in [4.78, 5) is 12.1. The van der Waals surface area contributed by atoms with Crippen molar-refractivity contribution in [1.82, 2.24) is 4.90 Å². The van der Waals surface area contributed by atoms with Crippen LogP contribution in [0.4, 0.5) is 24.5 Å². The van der Waals surface area contributed by atoms with Crippen molar-refractivity contribution in [3.63, 3.8) is 0 Å². The van der Waals surface area contributed by atoms with E-state index in [9.17, 15) is 23.3 Å². The van der Waals surface area contributed by atoms with Crippen molar-refractivity contribution in [1.29, 1.82) is 0 Å². The Hall–Kier alpha value is -2.55. The quantitative estimate of drug-likeness (QED) is 0.601. The molecule has 0 spiro atoms. The summed E-state index contributed by atoms with van der Waals surface area (Å²) in [6, 6.07) is 6.06. The van der Waals surface area contributed by atoms with Gasteiger partial charge in [0.2, 0.25) is 0 Å². The largest absolute Gasteiger partial charge is 0.468 e. The molecule has 0 amide bonds. The van der Waals surface area contributed by atoms with Gasteiger partial charge in [0.15, 0.2) is 0 Å². The topological polar surface area (TPSA) is 71.5 Å². The minimum absolute atomic E-state index is 0.182. The normalized spacial score (nSPS) is 16.6. The van der Waals surface area contributed by atoms with Gasteiger partial charge in [-0.05, 0) is 44.1 Å². The molecule has 1 aliphatic heterocycles. The molecule has 1 aliphatic rings. The molecule has 2 aromatic rings. The Labute approximate surface area is 147 Å². The number of rotatable bonds is 6. The van der Waals surface area contributed by atoms with Gasteiger partial charge in [0.25, 0.3) is 5.69 Å². The molecule has 26 heavy (non-hydrogen) atoms. The predicted molar refractivity (Wildman–Crippen MR) is 88.8 cm³/mol. The fourth-order valence-electron chi connectivity index (χ4n) is 3.18. The number of halogens is 3. The second kappa shape index (κ2) is 7.36. The average molecular weight is 369 g/mol. The zero-order valence-electron chi connectivity index (χ0n) is 13.8. The first-order valence-corrected chi connectivity index (χ1v) is 8.23. The van der Waals surface area contributed by atoms with Gasteiger partial charge < -0.3 is 9.73 Å². The van der Waals surface area contributed by atoms with Crippen LogP contribution in [0.3, 0.4) is 0 Å². The second-order valence-corrected chi connectivity index (χ2v) is 6.14. The number of furan rings is 1. The highest BCUT2D eigenvalue weighted by molar-refractivity contribution is 5.57. The van der Waals surface area contributed by atoms with Crippen LogP contribution in [-0.2, 0) is 6.18 Å². The molecule has 1 N–H and O–H groups in total. The standard InChI is InChI=1S/C17H18F3N3O3/c18-17(19,20)13-10-12(23(24)25)5-6-14(13)21-11-15(16-4-3-9-26-16)22-7-1-2-8-22/h3-6,9-10,15,21H,1-2,7-8,11H2. The van der Waals surface area contributed by atoms with E-state index in [-0.39, 0.29) is 18.3 Å². The molecule has 1 fully saturated rings. The maximum Gasteiger partial charge on any atom is 0.418 e. The summed E-state index contributed by atoms with van der Waals surface area (Å²) < 4.78 is 45.3. The zero-order chi connectivity index (χ0) is 18.7. The summed E-state index contributed by atoms with van der Waals surface area (Å²) in [7, 11) is 0. The lowest BCUT2D eigenvalue weighted by atomic mass is 10.1. The number of nitrogens with zero attached hydrogens (tertiary/aromatic N) is 2. The second-order valence-electron chi connectivity index (χ2n) is 6.14. The lowest BCUT2D eigenvalue weighted by Gasteiger charge is -2.27. The average Bonchev–Trinajstić information content (AvgIpc) is 3.28. The molecule has 3 rings (SSSR count). The number of likely N-dealkylation sites (tertiary alicyclic amines) is 1. The molecular formula is C17H18F3N3O3. The van der Waals surface area contributed by atoms with Crippen LogP contribution in [0, 0.1) is 10.1 Å². The Balaban J connectivity index is 1.84. The Morgan fingerprint density at radius 1 is 1.27 bits per heavy atom. The summed E-state index contributed by atoms with van der Waals surface area (Å²) in [5, 5.41) is 13.6. The van der Waals surface area contributed by atoms with Gasteiger partial charge in [-0.2, -0.15) is 13.2 Å². The summed E-state index contributed by atoms with van der Waals surface area (Å²) in [6.45, 7) is 1.90. The van der Waals surface area contributed by atoms with Crippen LogP contribution in [0.15, 0.2) is 41.0 Å². The molecule has 0 radical (unpaired) electrons. The van der Waals surface area contributed by atoms with Crippen LogP contribution in [0.2, 0.25) is 0 Å². The lowest BCUT2D eigenvalue weighted by molar-refractivity contribution is -0.385. The molecule has 1 atom stereocenters. The van der Waals surface area contributed by atoms with Crippen molar-refractivity contribution in [3.8, 4) is 0 Å². The number of non-ortho nitro benzene ring substituents is 1. The van der Waals surface area contributed by atoms with Crippen LogP contribution in [0.5, 0.6) is 0 Å². The summed E-state index contributed by atoms with van der Waals surface area (Å²) >= 11 is 0. The molecule has 1 aromatic carbocycles. The predicted octanol–water partition coefficient (Wildman–Crippen LogP) is 4.46. The number of nitro groups is 1. The molecule has 0 bridgehead atoms. The number of benzene rings is 1. The minimum Gasteiger partial charge on any atom is -0.468 e. The van der Waals surface area contributed by atoms with Crippen LogP contribution in [0.25, 0.3) is 0 Å². The van der Waals surface area contributed by atoms with Crippen molar-refractivity contribution in [2.75, 3.05) is 25.0 Å². The molecule has 1 aromatic heterocycles. The highest BCUT2D eigenvalue weighted by Crippen LogP contribution is 2.37. The fraction of sp³-hybridized carbons (Fsp3) is 0.412. The summed E-state index contributed by atoms with van der Waals surface area (Å²) in [5.74, 6) is 0.676. The number of nitrogens with one attached hydrogen (secondary N) is 1. The van der Waals surface area contributed by atoms with Crippen LogP contribution in [-0.4, -0.2) is 29.5 Å². The van der Waals surface area contributed by atoms with Gasteiger partial charge in [-0.25, -0.2) is 0 Å². The van der Waals surface area contributed by atoms with Crippen LogP contribution >= 0.6 is 0 Å². The number of nitro benzene ring substituents is 1. The monoisotopic (exact) mass is 369 g/mol. The Morgan fingerprint density at radius 3 is 2.58 bits per heavy atom. The molecule has 0 saturated carbocycles. The number of anilines is 1. The first-order chi connectivity index (χ1) is 12.4. The van der Waals surface area contributed by atoms with E-state index in [0.29, 0.717) is 11.8 Å². The first kappa shape index (κ1) is 18.2. The first-order valence-electron chi connectivity index (χ1n) is 8.23. The molecular weight excluding hydrogens is 351 g/mol. The third kappa shape index (κ3) is 3.98. The van der Waals surface area contributed by atoms with Crippen LogP contribution in [0.1, 0.15) is 30.2 Å². The number of hydrogen-bond acceptors (Lipinski definition) is 5. The van der Waals surface area contributed by atoms with E-state index in [2.05, 4.69) is 10.2 Å². The van der Waals surface area contributed by atoms with E-state index in [1.807, 2.05) is 0 Å². The van der Waals surface area contributed by atoms with E-state index < -0.39 is 22.4 Å². The van der Waals surface area contributed by atoms with E-state index in [1.54, 1.807) is 12.1 Å². The molecule has 2 heterocycles. The van der Waals surface area contributed by atoms with E-state index in [4.69, 9.17) is 4.42 Å². The van der Waals surface area contributed by atoms with Gasteiger partial charge >= 0.3 is 6.18 Å². The molecule has 0 aliphatic carbocycles. The maximum atomic E-state index is 13.3. The fourth-order valence-corrected chi connectivity index (χ4v) is 3.18. The molecule has 140 valence electrons. The van der Waals surface area contributed by atoms with Crippen molar-refractivity contribution < 1.29 is 22.5 Å². The van der Waals surface area contributed by atoms with Crippen molar-refractivity contribution in [2.45, 2.75) is 25.1 Å². The van der Waals surface area contributed by atoms with Crippen molar-refractivity contribution in [2.24, 2.45) is 0 Å². The van der Waals surface area contributed by atoms with Crippen molar-refractivity contribution >= 4 is 11.4 Å². The number of alkyl halides is 3. The summed E-state index contributed by atoms with van der Waals surface area (Å²) in [6.07, 6.45) is -1.10. The third-order valence-corrected chi connectivity index (χ3v) is 4.46. The number of hydrogen-bond donors (Lipinski definition) is 1. The van der Waals surface area contributed by atoms with Gasteiger partial charge in [-0.1, -0.05) is 0 Å². The molecule has 9 heteroatoms. The van der Waals surface area contributed by atoms with E-state index in [1.165, 1.54) is 6.26 Å². The minimum atomic E-state index is -4.69.